The van der Waals surface area contributed by atoms with E-state index in [4.69, 9.17) is 11.6 Å². The first-order valence-electron chi connectivity index (χ1n) is 8.14. The van der Waals surface area contributed by atoms with Gasteiger partial charge in [0.15, 0.2) is 5.82 Å². The van der Waals surface area contributed by atoms with Crippen LogP contribution >= 0.6 is 11.6 Å². The zero-order valence-electron chi connectivity index (χ0n) is 14.0. The summed E-state index contributed by atoms with van der Waals surface area (Å²) in [6, 6.07) is 11.6. The number of rotatable bonds is 4. The van der Waals surface area contributed by atoms with Gasteiger partial charge >= 0.3 is 6.03 Å². The van der Waals surface area contributed by atoms with Crippen molar-refractivity contribution >= 4 is 46.2 Å². The van der Waals surface area contributed by atoms with Crippen LogP contribution in [0.5, 0.6) is 0 Å². The highest BCUT2D eigenvalue weighted by Gasteiger charge is 2.28. The number of imide groups is 1. The van der Waals surface area contributed by atoms with Crippen molar-refractivity contribution in [3.05, 3.63) is 58.6 Å². The Balaban J connectivity index is 1.54. The van der Waals surface area contributed by atoms with Gasteiger partial charge in [0.2, 0.25) is 5.91 Å². The first kappa shape index (κ1) is 17.0. The number of H-pyrrole nitrogens is 1. The Bertz CT molecular complexity index is 1060. The van der Waals surface area contributed by atoms with E-state index in [0.29, 0.717) is 32.9 Å². The number of amides is 4. The SMILES string of the molecule is O=C(Nc1n[nH]c2c(Cl)cccc12)c1cccc(CN2C(=O)CNC2=O)c1. The molecule has 0 radical (unpaired) electrons. The third-order valence-electron chi connectivity index (χ3n) is 4.25. The fraction of sp³-hybridized carbons (Fsp3) is 0.111. The minimum absolute atomic E-state index is 0.00615. The molecule has 1 saturated heterocycles. The van der Waals surface area contributed by atoms with E-state index in [0.717, 1.165) is 4.90 Å². The van der Waals surface area contributed by atoms with Crippen molar-refractivity contribution in [1.82, 2.24) is 20.4 Å². The first-order valence-corrected chi connectivity index (χ1v) is 8.52. The van der Waals surface area contributed by atoms with Crippen molar-refractivity contribution in [1.29, 1.82) is 0 Å². The van der Waals surface area contributed by atoms with Crippen molar-refractivity contribution in [2.75, 3.05) is 11.9 Å². The second-order valence-corrected chi connectivity index (χ2v) is 6.43. The van der Waals surface area contributed by atoms with Crippen LogP contribution in [0, 0.1) is 0 Å². The van der Waals surface area contributed by atoms with Crippen LogP contribution in [0.3, 0.4) is 0 Å². The maximum atomic E-state index is 12.6. The predicted molar refractivity (Wildman–Crippen MR) is 99.4 cm³/mol. The molecular weight excluding hydrogens is 370 g/mol. The van der Waals surface area contributed by atoms with Crippen LogP contribution in [-0.4, -0.2) is 39.5 Å². The smallest absolute Gasteiger partial charge is 0.324 e. The molecule has 1 aliphatic rings. The van der Waals surface area contributed by atoms with E-state index in [1.165, 1.54) is 0 Å². The molecule has 0 bridgehead atoms. The largest absolute Gasteiger partial charge is 0.329 e. The van der Waals surface area contributed by atoms with Crippen molar-refractivity contribution in [2.24, 2.45) is 0 Å². The molecule has 0 spiro atoms. The number of urea groups is 1. The number of carbonyl (C=O) groups is 3. The van der Waals surface area contributed by atoms with Gasteiger partial charge in [0.05, 0.1) is 23.6 Å². The van der Waals surface area contributed by atoms with Crippen LogP contribution in [0.25, 0.3) is 10.9 Å². The third-order valence-corrected chi connectivity index (χ3v) is 4.56. The van der Waals surface area contributed by atoms with Crippen molar-refractivity contribution in [3.63, 3.8) is 0 Å². The average Bonchev–Trinajstić information content (AvgIpc) is 3.21. The van der Waals surface area contributed by atoms with Crippen molar-refractivity contribution in [3.8, 4) is 0 Å². The van der Waals surface area contributed by atoms with E-state index in [1.54, 1.807) is 42.5 Å². The molecular formula is C18H14ClN5O3. The average molecular weight is 384 g/mol. The van der Waals surface area contributed by atoms with Gasteiger partial charge in [-0.25, -0.2) is 4.79 Å². The number of hydrogen-bond acceptors (Lipinski definition) is 4. The Morgan fingerprint density at radius 2 is 2.04 bits per heavy atom. The van der Waals surface area contributed by atoms with Gasteiger partial charge in [-0.2, -0.15) is 5.10 Å². The van der Waals surface area contributed by atoms with Gasteiger partial charge < -0.3 is 10.6 Å². The Morgan fingerprint density at radius 1 is 1.22 bits per heavy atom. The molecule has 1 aliphatic heterocycles. The monoisotopic (exact) mass is 383 g/mol. The zero-order chi connectivity index (χ0) is 19.0. The van der Waals surface area contributed by atoms with E-state index in [-0.39, 0.29) is 24.9 Å². The van der Waals surface area contributed by atoms with Gasteiger partial charge in [0.25, 0.3) is 5.91 Å². The molecule has 3 aromatic rings. The van der Waals surface area contributed by atoms with Crippen LogP contribution in [0.2, 0.25) is 5.02 Å². The van der Waals surface area contributed by atoms with Gasteiger partial charge in [-0.1, -0.05) is 29.8 Å². The first-order chi connectivity index (χ1) is 13.0. The molecule has 2 heterocycles. The molecule has 0 atom stereocenters. The van der Waals surface area contributed by atoms with Gasteiger partial charge in [-0.3, -0.25) is 19.6 Å². The molecule has 1 fully saturated rings. The summed E-state index contributed by atoms with van der Waals surface area (Å²) < 4.78 is 0. The maximum absolute atomic E-state index is 12.6. The fourth-order valence-electron chi connectivity index (χ4n) is 2.89. The lowest BCUT2D eigenvalue weighted by atomic mass is 10.1. The number of halogens is 1. The zero-order valence-corrected chi connectivity index (χ0v) is 14.7. The van der Waals surface area contributed by atoms with E-state index in [9.17, 15) is 14.4 Å². The molecule has 0 aliphatic carbocycles. The minimum atomic E-state index is -0.435. The second kappa shape index (κ2) is 6.73. The van der Waals surface area contributed by atoms with Crippen LogP contribution in [0.4, 0.5) is 10.6 Å². The molecule has 1 aromatic heterocycles. The van der Waals surface area contributed by atoms with Gasteiger partial charge in [0, 0.05) is 10.9 Å². The summed E-state index contributed by atoms with van der Waals surface area (Å²) in [6.07, 6.45) is 0. The quantitative estimate of drug-likeness (QED) is 0.601. The number of carbonyl (C=O) groups excluding carboxylic acids is 3. The van der Waals surface area contributed by atoms with Crippen LogP contribution in [-0.2, 0) is 11.3 Å². The molecule has 0 saturated carbocycles. The summed E-state index contributed by atoms with van der Waals surface area (Å²) in [4.78, 5) is 37.1. The molecule has 8 nitrogen and oxygen atoms in total. The number of anilines is 1. The Kier molecular flexibility index (Phi) is 4.25. The number of aromatic nitrogens is 2. The standard InChI is InChI=1S/C18H14ClN5O3/c19-13-6-2-5-12-15(13)22-23-16(12)21-17(26)11-4-1-3-10(7-11)9-24-14(25)8-20-18(24)27/h1-7H,8-9H2,(H,20,27)(H2,21,22,23,26). The van der Waals surface area contributed by atoms with Gasteiger partial charge in [-0.05, 0) is 29.8 Å². The highest BCUT2D eigenvalue weighted by atomic mass is 35.5. The topological polar surface area (TPSA) is 107 Å². The lowest BCUT2D eigenvalue weighted by Crippen LogP contribution is -2.30. The second-order valence-electron chi connectivity index (χ2n) is 6.03. The molecule has 4 amide bonds. The maximum Gasteiger partial charge on any atom is 0.324 e. The van der Waals surface area contributed by atoms with Crippen LogP contribution in [0.1, 0.15) is 15.9 Å². The molecule has 136 valence electrons. The number of nitrogens with zero attached hydrogens (tertiary/aromatic N) is 2. The summed E-state index contributed by atoms with van der Waals surface area (Å²) in [6.45, 7) is 0.0978. The van der Waals surface area contributed by atoms with Crippen LogP contribution < -0.4 is 10.6 Å². The molecule has 27 heavy (non-hydrogen) atoms. The van der Waals surface area contributed by atoms with E-state index < -0.39 is 6.03 Å². The summed E-state index contributed by atoms with van der Waals surface area (Å²) >= 11 is 6.10. The fourth-order valence-corrected chi connectivity index (χ4v) is 3.11. The minimum Gasteiger partial charge on any atom is -0.329 e. The molecule has 2 aromatic carbocycles. The summed E-state index contributed by atoms with van der Waals surface area (Å²) in [5, 5.41) is 13.3. The predicted octanol–water partition coefficient (Wildman–Crippen LogP) is 2.52. The summed E-state index contributed by atoms with van der Waals surface area (Å²) in [5.41, 5.74) is 1.70. The number of para-hydroxylation sites is 1. The third kappa shape index (κ3) is 3.22. The lowest BCUT2D eigenvalue weighted by Gasteiger charge is -2.13. The molecule has 9 heteroatoms. The summed E-state index contributed by atoms with van der Waals surface area (Å²) in [7, 11) is 0. The number of hydrogen-bond donors (Lipinski definition) is 3. The van der Waals surface area contributed by atoms with Gasteiger partial charge in [-0.15, -0.1) is 0 Å². The number of aromatic amines is 1. The highest BCUT2D eigenvalue weighted by Crippen LogP contribution is 2.26. The molecule has 0 unspecified atom stereocenters. The van der Waals surface area contributed by atoms with E-state index >= 15 is 0 Å². The lowest BCUT2D eigenvalue weighted by molar-refractivity contribution is -0.125. The number of benzene rings is 2. The molecule has 3 N–H and O–H groups in total. The summed E-state index contributed by atoms with van der Waals surface area (Å²) in [5.74, 6) is -0.283. The van der Waals surface area contributed by atoms with Crippen LogP contribution in [0.15, 0.2) is 42.5 Å². The molecule has 4 rings (SSSR count). The van der Waals surface area contributed by atoms with Gasteiger partial charge in [0.1, 0.15) is 0 Å². The Labute approximate surface area is 158 Å². The highest BCUT2D eigenvalue weighted by molar-refractivity contribution is 6.35. The van der Waals surface area contributed by atoms with Crippen molar-refractivity contribution < 1.29 is 14.4 Å². The van der Waals surface area contributed by atoms with Crippen molar-refractivity contribution in [2.45, 2.75) is 6.54 Å². The Hall–Kier alpha value is -3.39. The Morgan fingerprint density at radius 3 is 2.81 bits per heavy atom. The van der Waals surface area contributed by atoms with E-state index in [1.807, 2.05) is 0 Å². The van der Waals surface area contributed by atoms with E-state index in [2.05, 4.69) is 20.8 Å². The number of fused-ring (bicyclic) bond motifs is 1. The normalized spacial score (nSPS) is 13.9. The number of nitrogens with one attached hydrogen (secondary N) is 3.